The maximum Gasteiger partial charge on any atom is 0.246 e. The van der Waals surface area contributed by atoms with E-state index in [1.807, 2.05) is 47.5 Å². The van der Waals surface area contributed by atoms with Gasteiger partial charge < -0.3 is 19.4 Å². The van der Waals surface area contributed by atoms with Crippen molar-refractivity contribution in [3.05, 3.63) is 70.9 Å². The topological polar surface area (TPSA) is 54.6 Å². The molecule has 0 unspecified atom stereocenters. The summed E-state index contributed by atoms with van der Waals surface area (Å²) in [4.78, 5) is 17.8. The fourth-order valence-corrected chi connectivity index (χ4v) is 3.87. The van der Waals surface area contributed by atoms with E-state index in [0.717, 1.165) is 33.5 Å². The molecule has 2 aromatic carbocycles. The van der Waals surface area contributed by atoms with Crippen molar-refractivity contribution in [3.8, 4) is 11.5 Å². The number of aromatic nitrogens is 1. The molecule has 0 bridgehead atoms. The zero-order chi connectivity index (χ0) is 21.1. The highest BCUT2D eigenvalue weighted by molar-refractivity contribution is 6.31. The Bertz CT molecular complexity index is 1150. The quantitative estimate of drug-likeness (QED) is 0.577. The molecule has 6 heteroatoms. The van der Waals surface area contributed by atoms with Crippen LogP contribution in [0.15, 0.2) is 54.7 Å². The summed E-state index contributed by atoms with van der Waals surface area (Å²) in [6.07, 6.45) is 8.34. The molecule has 0 radical (unpaired) electrons. The molecule has 0 aliphatic carbocycles. The third-order valence-electron chi connectivity index (χ3n) is 5.34. The van der Waals surface area contributed by atoms with Gasteiger partial charge in [0, 0.05) is 46.9 Å². The number of hydrogen-bond acceptors (Lipinski definition) is 3. The van der Waals surface area contributed by atoms with Crippen LogP contribution in [-0.4, -0.2) is 43.1 Å². The van der Waals surface area contributed by atoms with Crippen molar-refractivity contribution >= 4 is 40.1 Å². The second-order valence-electron chi connectivity index (χ2n) is 7.10. The van der Waals surface area contributed by atoms with Gasteiger partial charge in [0.05, 0.1) is 14.2 Å². The smallest absolute Gasteiger partial charge is 0.246 e. The summed E-state index contributed by atoms with van der Waals surface area (Å²) in [7, 11) is 3.19. The molecule has 1 N–H and O–H groups in total. The molecule has 30 heavy (non-hydrogen) atoms. The third kappa shape index (κ3) is 4.07. The molecular formula is C24H23ClN2O3. The van der Waals surface area contributed by atoms with Crippen LogP contribution < -0.4 is 9.47 Å². The molecule has 2 heterocycles. The second-order valence-corrected chi connectivity index (χ2v) is 7.54. The number of methoxy groups -OCH3 is 2. The van der Waals surface area contributed by atoms with Gasteiger partial charge in [0.1, 0.15) is 0 Å². The van der Waals surface area contributed by atoms with E-state index in [1.165, 1.54) is 5.57 Å². The Hall–Kier alpha value is -3.18. The van der Waals surface area contributed by atoms with Crippen LogP contribution in [-0.2, 0) is 4.79 Å². The minimum absolute atomic E-state index is 0.0120. The average molecular weight is 423 g/mol. The number of rotatable bonds is 5. The van der Waals surface area contributed by atoms with Gasteiger partial charge in [-0.15, -0.1) is 0 Å². The lowest BCUT2D eigenvalue weighted by Gasteiger charge is -2.25. The van der Waals surface area contributed by atoms with E-state index in [4.69, 9.17) is 21.1 Å². The fourth-order valence-electron chi connectivity index (χ4n) is 3.70. The molecule has 5 nitrogen and oxygen atoms in total. The normalized spacial score (nSPS) is 14.2. The summed E-state index contributed by atoms with van der Waals surface area (Å²) in [5.74, 6) is 1.28. The number of halogens is 1. The van der Waals surface area contributed by atoms with Crippen LogP contribution in [0.4, 0.5) is 0 Å². The fraction of sp³-hybridized carbons (Fsp3) is 0.208. The Morgan fingerprint density at radius 1 is 1.13 bits per heavy atom. The average Bonchev–Trinajstić information content (AvgIpc) is 3.20. The Kier molecular flexibility index (Phi) is 5.81. The van der Waals surface area contributed by atoms with Gasteiger partial charge in [-0.25, -0.2) is 0 Å². The van der Waals surface area contributed by atoms with Gasteiger partial charge in [-0.2, -0.15) is 0 Å². The van der Waals surface area contributed by atoms with E-state index in [1.54, 1.807) is 26.4 Å². The largest absolute Gasteiger partial charge is 0.493 e. The highest BCUT2D eigenvalue weighted by Gasteiger charge is 2.18. The zero-order valence-electron chi connectivity index (χ0n) is 16.9. The van der Waals surface area contributed by atoms with E-state index < -0.39 is 0 Å². The Balaban J connectivity index is 1.45. The van der Waals surface area contributed by atoms with Crippen LogP contribution in [0.2, 0.25) is 5.02 Å². The van der Waals surface area contributed by atoms with Crippen molar-refractivity contribution < 1.29 is 14.3 Å². The van der Waals surface area contributed by atoms with E-state index in [9.17, 15) is 4.79 Å². The van der Waals surface area contributed by atoms with Gasteiger partial charge in [-0.05, 0) is 54.0 Å². The predicted molar refractivity (Wildman–Crippen MR) is 121 cm³/mol. The number of H-pyrrole nitrogens is 1. The van der Waals surface area contributed by atoms with Gasteiger partial charge >= 0.3 is 0 Å². The first-order valence-corrected chi connectivity index (χ1v) is 10.1. The molecule has 3 aromatic rings. The first-order chi connectivity index (χ1) is 14.6. The molecule has 0 saturated heterocycles. The van der Waals surface area contributed by atoms with E-state index >= 15 is 0 Å². The molecule has 1 amide bonds. The molecule has 1 aliphatic rings. The number of carbonyl (C=O) groups is 1. The molecule has 0 fully saturated rings. The Morgan fingerprint density at radius 3 is 2.70 bits per heavy atom. The van der Waals surface area contributed by atoms with Crippen LogP contribution in [0.1, 0.15) is 17.5 Å². The van der Waals surface area contributed by atoms with Crippen molar-refractivity contribution in [3.63, 3.8) is 0 Å². The van der Waals surface area contributed by atoms with Crippen molar-refractivity contribution in [1.82, 2.24) is 9.88 Å². The molecule has 4 rings (SSSR count). The Morgan fingerprint density at radius 2 is 1.97 bits per heavy atom. The number of hydrogen-bond donors (Lipinski definition) is 1. The van der Waals surface area contributed by atoms with E-state index in [2.05, 4.69) is 11.1 Å². The Labute approximate surface area is 180 Å². The molecule has 0 spiro atoms. The van der Waals surface area contributed by atoms with Crippen molar-refractivity contribution in [2.45, 2.75) is 6.42 Å². The zero-order valence-corrected chi connectivity index (χ0v) is 17.7. The summed E-state index contributed by atoms with van der Waals surface area (Å²) in [6, 6.07) is 11.4. The van der Waals surface area contributed by atoms with Crippen LogP contribution in [0.3, 0.4) is 0 Å². The SMILES string of the molecule is COc1ccc(/C=C/C(=O)N2CC=C(c3c[nH]c4ccc(Cl)cc34)CC2)cc1OC. The number of carbonyl (C=O) groups excluding carboxylic acids is 1. The first-order valence-electron chi connectivity index (χ1n) is 9.74. The summed E-state index contributed by atoms with van der Waals surface area (Å²) in [5.41, 5.74) is 4.33. The van der Waals surface area contributed by atoms with Crippen molar-refractivity contribution in [1.29, 1.82) is 0 Å². The molecule has 154 valence electrons. The number of benzene rings is 2. The highest BCUT2D eigenvalue weighted by atomic mass is 35.5. The molecule has 0 saturated carbocycles. The number of ether oxygens (including phenoxy) is 2. The summed E-state index contributed by atoms with van der Waals surface area (Å²) in [6.45, 7) is 1.26. The van der Waals surface area contributed by atoms with Gasteiger partial charge in [-0.1, -0.05) is 23.7 Å². The minimum Gasteiger partial charge on any atom is -0.493 e. The first kappa shape index (κ1) is 20.1. The molecular weight excluding hydrogens is 400 g/mol. The maximum absolute atomic E-state index is 12.6. The number of fused-ring (bicyclic) bond motifs is 1. The number of nitrogens with zero attached hydrogens (tertiary/aromatic N) is 1. The second kappa shape index (κ2) is 8.67. The summed E-state index contributed by atoms with van der Waals surface area (Å²) in [5, 5.41) is 1.83. The lowest BCUT2D eigenvalue weighted by Crippen LogP contribution is -2.33. The van der Waals surface area contributed by atoms with Crippen molar-refractivity contribution in [2.75, 3.05) is 27.3 Å². The van der Waals surface area contributed by atoms with Gasteiger partial charge in [0.2, 0.25) is 5.91 Å². The monoisotopic (exact) mass is 422 g/mol. The number of nitrogens with one attached hydrogen (secondary N) is 1. The summed E-state index contributed by atoms with van der Waals surface area (Å²) < 4.78 is 10.6. The van der Waals surface area contributed by atoms with Gasteiger partial charge in [-0.3, -0.25) is 4.79 Å². The van der Waals surface area contributed by atoms with Crippen LogP contribution in [0.5, 0.6) is 11.5 Å². The minimum atomic E-state index is -0.0120. The van der Waals surface area contributed by atoms with Crippen molar-refractivity contribution in [2.24, 2.45) is 0 Å². The van der Waals surface area contributed by atoms with Crippen LogP contribution in [0, 0.1) is 0 Å². The summed E-state index contributed by atoms with van der Waals surface area (Å²) >= 11 is 6.16. The predicted octanol–water partition coefficient (Wildman–Crippen LogP) is 5.17. The van der Waals surface area contributed by atoms with Gasteiger partial charge in [0.15, 0.2) is 11.5 Å². The van der Waals surface area contributed by atoms with Gasteiger partial charge in [0.25, 0.3) is 0 Å². The number of amides is 1. The molecule has 1 aliphatic heterocycles. The third-order valence-corrected chi connectivity index (χ3v) is 5.57. The lowest BCUT2D eigenvalue weighted by atomic mass is 9.99. The van der Waals surface area contributed by atoms with E-state index in [0.29, 0.717) is 24.6 Å². The molecule has 0 atom stereocenters. The van der Waals surface area contributed by atoms with Crippen LogP contribution >= 0.6 is 11.6 Å². The van der Waals surface area contributed by atoms with Crippen LogP contribution in [0.25, 0.3) is 22.6 Å². The molecule has 1 aromatic heterocycles. The maximum atomic E-state index is 12.6. The number of aromatic amines is 1. The highest BCUT2D eigenvalue weighted by Crippen LogP contribution is 2.31. The standard InChI is InChI=1S/C24H23ClN2O3/c1-29-22-7-3-16(13-23(22)30-2)4-8-24(28)27-11-9-17(10-12-27)20-15-26-21-6-5-18(25)14-19(20)21/h3-9,13-15,26H,10-12H2,1-2H3/b8-4+. The van der Waals surface area contributed by atoms with E-state index in [-0.39, 0.29) is 5.91 Å². The lowest BCUT2D eigenvalue weighted by molar-refractivity contribution is -0.125.